The number of nitrogens with one attached hydrogen (secondary N) is 1. The molecule has 0 aliphatic rings. The van der Waals surface area contributed by atoms with Gasteiger partial charge in [0, 0.05) is 17.0 Å². The Hall–Kier alpha value is -1.76. The molecule has 0 radical (unpaired) electrons. The van der Waals surface area contributed by atoms with Gasteiger partial charge < -0.3 is 10.4 Å². The van der Waals surface area contributed by atoms with Crippen LogP contribution in [0.5, 0.6) is 0 Å². The molecule has 3 rings (SSSR count). The molecule has 2 aromatic heterocycles. The Morgan fingerprint density at radius 1 is 1.38 bits per heavy atom. The van der Waals surface area contributed by atoms with Crippen molar-refractivity contribution in [2.75, 3.05) is 6.54 Å². The van der Waals surface area contributed by atoms with Gasteiger partial charge in [0.15, 0.2) is 0 Å². The summed E-state index contributed by atoms with van der Waals surface area (Å²) in [5, 5.41) is 14.8. The fourth-order valence-corrected chi connectivity index (χ4v) is 3.74. The van der Waals surface area contributed by atoms with Gasteiger partial charge in [-0.15, -0.1) is 22.7 Å². The Kier molecular flexibility index (Phi) is 4.01. The Balaban J connectivity index is 1.67. The minimum Gasteiger partial charge on any atom is -0.386 e. The lowest BCUT2D eigenvalue weighted by Gasteiger charge is -2.11. The van der Waals surface area contributed by atoms with E-state index < -0.39 is 6.10 Å². The Bertz CT molecular complexity index is 779. The summed E-state index contributed by atoms with van der Waals surface area (Å²) in [6, 6.07) is 7.37. The molecular weight excluding hydrogens is 304 g/mol. The van der Waals surface area contributed by atoms with Crippen molar-refractivity contribution >= 4 is 38.8 Å². The molecule has 0 fully saturated rings. The zero-order valence-electron chi connectivity index (χ0n) is 11.4. The average Bonchev–Trinajstić information content (AvgIpc) is 3.11. The lowest BCUT2D eigenvalue weighted by molar-refractivity contribution is 0.0918. The molecule has 108 valence electrons. The number of benzene rings is 1. The van der Waals surface area contributed by atoms with Crippen LogP contribution < -0.4 is 5.32 Å². The molecule has 0 spiro atoms. The van der Waals surface area contributed by atoms with Crippen LogP contribution in [0.15, 0.2) is 35.2 Å². The number of aliphatic hydroxyl groups is 1. The quantitative estimate of drug-likeness (QED) is 0.777. The number of aromatic nitrogens is 1. The molecule has 0 saturated carbocycles. The van der Waals surface area contributed by atoms with Crippen LogP contribution in [-0.4, -0.2) is 22.5 Å². The second-order valence-corrected chi connectivity index (χ2v) is 6.56. The number of thiophene rings is 1. The molecular formula is C15H14N2O2S2. The minimum atomic E-state index is -0.666. The molecule has 0 aliphatic carbocycles. The zero-order valence-corrected chi connectivity index (χ0v) is 13.0. The molecule has 0 bridgehead atoms. The summed E-state index contributed by atoms with van der Waals surface area (Å²) in [4.78, 5) is 17.2. The van der Waals surface area contributed by atoms with Gasteiger partial charge in [-0.05, 0) is 42.1 Å². The maximum absolute atomic E-state index is 12.1. The molecule has 0 saturated heterocycles. The monoisotopic (exact) mass is 318 g/mol. The van der Waals surface area contributed by atoms with Crippen molar-refractivity contribution in [3.05, 3.63) is 51.2 Å². The third-order valence-electron chi connectivity index (χ3n) is 3.25. The fraction of sp³-hybridized carbons (Fsp3) is 0.200. The molecule has 2 N–H and O–H groups in total. The molecule has 2 heterocycles. The number of amides is 1. The van der Waals surface area contributed by atoms with Crippen LogP contribution in [-0.2, 0) is 0 Å². The number of thiazole rings is 1. The van der Waals surface area contributed by atoms with Crippen molar-refractivity contribution in [1.82, 2.24) is 10.3 Å². The van der Waals surface area contributed by atoms with Crippen molar-refractivity contribution in [1.29, 1.82) is 0 Å². The van der Waals surface area contributed by atoms with E-state index in [2.05, 4.69) is 10.3 Å². The second kappa shape index (κ2) is 5.93. The molecule has 1 aromatic carbocycles. The number of aliphatic hydroxyl groups excluding tert-OH is 1. The molecule has 1 amide bonds. The highest BCUT2D eigenvalue weighted by Crippen LogP contribution is 2.23. The van der Waals surface area contributed by atoms with E-state index in [0.29, 0.717) is 5.56 Å². The number of fused-ring (bicyclic) bond motifs is 1. The highest BCUT2D eigenvalue weighted by atomic mass is 32.1. The first-order valence-corrected chi connectivity index (χ1v) is 8.24. The van der Waals surface area contributed by atoms with Crippen LogP contribution in [0.25, 0.3) is 10.2 Å². The van der Waals surface area contributed by atoms with Gasteiger partial charge in [-0.2, -0.15) is 0 Å². The molecule has 0 aliphatic heterocycles. The predicted octanol–water partition coefficient (Wildman–Crippen LogP) is 3.13. The number of hydrogen-bond donors (Lipinski definition) is 2. The van der Waals surface area contributed by atoms with Crippen LogP contribution in [0.4, 0.5) is 0 Å². The van der Waals surface area contributed by atoms with E-state index in [0.717, 1.165) is 20.7 Å². The zero-order chi connectivity index (χ0) is 14.8. The summed E-state index contributed by atoms with van der Waals surface area (Å²) in [7, 11) is 0. The number of carbonyl (C=O) groups is 1. The van der Waals surface area contributed by atoms with Crippen LogP contribution in [0.3, 0.4) is 0 Å². The van der Waals surface area contributed by atoms with Gasteiger partial charge in [-0.3, -0.25) is 4.79 Å². The van der Waals surface area contributed by atoms with Gasteiger partial charge in [-0.1, -0.05) is 0 Å². The van der Waals surface area contributed by atoms with Crippen LogP contribution >= 0.6 is 22.7 Å². The van der Waals surface area contributed by atoms with E-state index in [-0.39, 0.29) is 12.5 Å². The van der Waals surface area contributed by atoms with Gasteiger partial charge in [0.25, 0.3) is 5.91 Å². The Morgan fingerprint density at radius 3 is 3.00 bits per heavy atom. The maximum Gasteiger partial charge on any atom is 0.251 e. The number of carbonyl (C=O) groups excluding carboxylic acids is 1. The fourth-order valence-electron chi connectivity index (χ4n) is 2.11. The van der Waals surface area contributed by atoms with Crippen LogP contribution in [0.2, 0.25) is 0 Å². The van der Waals surface area contributed by atoms with Crippen molar-refractivity contribution in [3.8, 4) is 0 Å². The summed E-state index contributed by atoms with van der Waals surface area (Å²) < 4.78 is 0.984. The SMILES string of the molecule is Cc1ccsc1[C@@H](O)CNC(=O)c1ccc2ncsc2c1. The smallest absolute Gasteiger partial charge is 0.251 e. The Morgan fingerprint density at radius 2 is 2.24 bits per heavy atom. The number of hydrogen-bond acceptors (Lipinski definition) is 5. The number of aryl methyl sites for hydroxylation is 1. The first-order chi connectivity index (χ1) is 10.1. The van der Waals surface area contributed by atoms with Crippen molar-refractivity contribution in [2.45, 2.75) is 13.0 Å². The van der Waals surface area contributed by atoms with Gasteiger partial charge >= 0.3 is 0 Å². The summed E-state index contributed by atoms with van der Waals surface area (Å²) in [6.07, 6.45) is -0.666. The van der Waals surface area contributed by atoms with Gasteiger partial charge in [0.1, 0.15) is 6.10 Å². The minimum absolute atomic E-state index is 0.182. The van der Waals surface area contributed by atoms with Gasteiger partial charge in [0.05, 0.1) is 15.7 Å². The largest absolute Gasteiger partial charge is 0.386 e. The van der Waals surface area contributed by atoms with Crippen molar-refractivity contribution < 1.29 is 9.90 Å². The van der Waals surface area contributed by atoms with E-state index >= 15 is 0 Å². The van der Waals surface area contributed by atoms with E-state index in [4.69, 9.17) is 0 Å². The molecule has 4 nitrogen and oxygen atoms in total. The van der Waals surface area contributed by atoms with Crippen molar-refractivity contribution in [3.63, 3.8) is 0 Å². The normalized spacial score (nSPS) is 12.5. The molecule has 0 unspecified atom stereocenters. The average molecular weight is 318 g/mol. The molecule has 1 atom stereocenters. The topological polar surface area (TPSA) is 62.2 Å². The number of rotatable bonds is 4. The summed E-state index contributed by atoms with van der Waals surface area (Å²) in [6.45, 7) is 2.16. The highest BCUT2D eigenvalue weighted by molar-refractivity contribution is 7.16. The lowest BCUT2D eigenvalue weighted by Crippen LogP contribution is -2.28. The summed E-state index contributed by atoms with van der Waals surface area (Å²) in [5.41, 5.74) is 4.29. The molecule has 21 heavy (non-hydrogen) atoms. The van der Waals surface area contributed by atoms with Crippen LogP contribution in [0.1, 0.15) is 26.9 Å². The van der Waals surface area contributed by atoms with E-state index in [1.165, 1.54) is 22.7 Å². The first-order valence-electron chi connectivity index (χ1n) is 6.48. The standard InChI is InChI=1S/C15H14N2O2S2/c1-9-4-5-20-14(9)12(18)7-16-15(19)10-2-3-11-13(6-10)21-8-17-11/h2-6,8,12,18H,7H2,1H3,(H,16,19)/t12-/m0/s1. The molecule has 3 aromatic rings. The van der Waals surface area contributed by atoms with E-state index in [9.17, 15) is 9.90 Å². The third-order valence-corrected chi connectivity index (χ3v) is 5.17. The maximum atomic E-state index is 12.1. The van der Waals surface area contributed by atoms with Gasteiger partial charge in [0.2, 0.25) is 0 Å². The van der Waals surface area contributed by atoms with Crippen LogP contribution in [0, 0.1) is 6.92 Å². The van der Waals surface area contributed by atoms with E-state index in [1.54, 1.807) is 11.6 Å². The highest BCUT2D eigenvalue weighted by Gasteiger charge is 2.14. The Labute approximate surface area is 130 Å². The second-order valence-electron chi connectivity index (χ2n) is 4.73. The third kappa shape index (κ3) is 2.97. The number of nitrogens with zero attached hydrogens (tertiary/aromatic N) is 1. The lowest BCUT2D eigenvalue weighted by atomic mass is 10.2. The van der Waals surface area contributed by atoms with Crippen molar-refractivity contribution in [2.24, 2.45) is 0 Å². The summed E-state index contributed by atoms with van der Waals surface area (Å²) in [5.74, 6) is -0.182. The molecule has 6 heteroatoms. The van der Waals surface area contributed by atoms with Gasteiger partial charge in [-0.25, -0.2) is 4.98 Å². The predicted molar refractivity (Wildman–Crippen MR) is 86.0 cm³/mol. The summed E-state index contributed by atoms with van der Waals surface area (Å²) >= 11 is 3.00. The first kappa shape index (κ1) is 14.2. The van der Waals surface area contributed by atoms with E-state index in [1.807, 2.05) is 30.5 Å².